The molecular formula is C30H16F42O. The third-order valence-corrected chi connectivity index (χ3v) is 9.64. The molecule has 0 aromatic heterocycles. The zero-order chi connectivity index (χ0) is 60.1. The van der Waals surface area contributed by atoms with Gasteiger partial charge in [-0.3, -0.25) is 0 Å². The second-order valence-electron chi connectivity index (χ2n) is 14.4. The molecule has 0 spiro atoms. The normalized spacial score (nSPS) is 17.5. The van der Waals surface area contributed by atoms with Gasteiger partial charge in [-0.25, -0.2) is 0 Å². The van der Waals surface area contributed by atoms with Crippen molar-refractivity contribution in [2.24, 2.45) is 11.8 Å². The van der Waals surface area contributed by atoms with Crippen molar-refractivity contribution < 1.29 is 189 Å². The van der Waals surface area contributed by atoms with Gasteiger partial charge >= 0.3 is 119 Å². The lowest BCUT2D eigenvalue weighted by atomic mass is 9.83. The van der Waals surface area contributed by atoms with E-state index in [-0.39, 0.29) is 0 Å². The first kappa shape index (κ1) is 69.5. The molecule has 0 saturated heterocycles. The molecule has 1 nitrogen and oxygen atoms in total. The first-order valence-electron chi connectivity index (χ1n) is 16.9. The summed E-state index contributed by atoms with van der Waals surface area (Å²) in [5.41, 5.74) is 0. The highest BCUT2D eigenvalue weighted by molar-refractivity contribution is 5.20. The molecule has 436 valence electrons. The molecule has 0 aliphatic heterocycles. The summed E-state index contributed by atoms with van der Waals surface area (Å²) in [6, 6.07) is 0. The van der Waals surface area contributed by atoms with E-state index in [1.165, 1.54) is 0 Å². The van der Waals surface area contributed by atoms with E-state index < -0.39 is 169 Å². The summed E-state index contributed by atoms with van der Waals surface area (Å²) in [6.07, 6.45) is -22.8. The highest BCUT2D eigenvalue weighted by atomic mass is 19.5. The summed E-state index contributed by atoms with van der Waals surface area (Å²) in [5.74, 6) is -175. The quantitative estimate of drug-likeness (QED) is 0.0620. The van der Waals surface area contributed by atoms with Crippen LogP contribution < -0.4 is 0 Å². The Bertz CT molecular complexity index is 1790. The van der Waals surface area contributed by atoms with Crippen LogP contribution in [0.2, 0.25) is 0 Å². The topological polar surface area (TPSA) is 9.23 Å². The van der Waals surface area contributed by atoms with Crippen molar-refractivity contribution in [1.29, 1.82) is 0 Å². The van der Waals surface area contributed by atoms with E-state index in [2.05, 4.69) is 17.9 Å². The van der Waals surface area contributed by atoms with E-state index in [1.54, 1.807) is 0 Å². The maximum absolute atomic E-state index is 14.9. The maximum Gasteiger partial charge on any atom is 0.460 e. The number of alkyl halides is 42. The standard InChI is InChI=1S/C30H16F42O/c1-3-5-9(11(31,32)13(35,36)15(39,40)17(43,44)19(47,48)21(51,52)23(55,56)25(59,60)27(63,64)29(67,68)69)7-73-8-10(6-4-2)12(33,34)14(37,38)16(41,42)18(45,46)20(49,50)22(53,54)24(57,58)26(61,62)28(65,66)30(70,71)72/h3-4,9-10H,1-2,5-8H2. The fraction of sp³-hybridized carbons (Fsp3) is 0.867. The van der Waals surface area contributed by atoms with Crippen LogP contribution in [0.15, 0.2) is 25.3 Å². The number of ether oxygens (including phenoxy) is 1. The van der Waals surface area contributed by atoms with Gasteiger partial charge in [-0.1, -0.05) is 12.2 Å². The number of halogens is 42. The Hall–Kier alpha value is -3.50. The van der Waals surface area contributed by atoms with Crippen LogP contribution >= 0.6 is 0 Å². The molecule has 0 aliphatic carbocycles. The first-order valence-corrected chi connectivity index (χ1v) is 16.9. The van der Waals surface area contributed by atoms with Crippen molar-refractivity contribution in [2.75, 3.05) is 13.2 Å². The molecule has 0 aromatic carbocycles. The zero-order valence-electron chi connectivity index (χ0n) is 32.8. The minimum atomic E-state index is -9.72. The zero-order valence-corrected chi connectivity index (χ0v) is 32.8. The SMILES string of the molecule is C=CCC(COCC(CC=C)C(F)(F)C(F)(F)C(F)(F)C(F)(F)C(F)(F)C(F)(F)C(F)(F)C(F)(F)C(F)(F)C(F)(F)F)C(F)(F)C(F)(F)C(F)(F)C(F)(F)C(F)(F)C(F)(F)C(F)(F)C(F)(F)C(F)(F)C(F)(F)F. The summed E-state index contributed by atoms with van der Waals surface area (Å²) >= 11 is 0. The predicted molar refractivity (Wildman–Crippen MR) is 149 cm³/mol. The van der Waals surface area contributed by atoms with E-state index in [4.69, 9.17) is 0 Å². The average Bonchev–Trinajstić information content (AvgIpc) is 3.17. The van der Waals surface area contributed by atoms with Gasteiger partial charge in [0.25, 0.3) is 0 Å². The summed E-state index contributed by atoms with van der Waals surface area (Å²) in [6.45, 7) is -1.99. The van der Waals surface area contributed by atoms with Crippen molar-refractivity contribution in [3.63, 3.8) is 0 Å². The lowest BCUT2D eigenvalue weighted by molar-refractivity contribution is -0.475. The Labute approximate surface area is 372 Å². The minimum absolute atomic E-state index is 0.479. The number of rotatable bonds is 26. The van der Waals surface area contributed by atoms with Gasteiger partial charge in [0.05, 0.1) is 25.0 Å². The van der Waals surface area contributed by atoms with Crippen LogP contribution in [-0.2, 0) is 4.74 Å². The van der Waals surface area contributed by atoms with Gasteiger partial charge in [0.2, 0.25) is 0 Å². The Morgan fingerprint density at radius 3 is 0.507 bits per heavy atom. The molecule has 0 saturated carbocycles. The number of hydrogen-bond acceptors (Lipinski definition) is 1. The highest BCUT2D eigenvalue weighted by Gasteiger charge is 3.00. The van der Waals surface area contributed by atoms with E-state index in [9.17, 15) is 184 Å². The molecule has 0 radical (unpaired) electrons. The van der Waals surface area contributed by atoms with Gasteiger partial charge in [0.1, 0.15) is 0 Å². The Morgan fingerprint density at radius 2 is 0.370 bits per heavy atom. The predicted octanol–water partition coefficient (Wildman–Crippen LogP) is 15.9. The van der Waals surface area contributed by atoms with Gasteiger partial charge in [-0.2, -0.15) is 184 Å². The van der Waals surface area contributed by atoms with Crippen molar-refractivity contribution >= 4 is 0 Å². The Balaban J connectivity index is 7.47. The monoisotopic (exact) mass is 1190 g/mol. The Kier molecular flexibility index (Phi) is 17.7. The van der Waals surface area contributed by atoms with Crippen molar-refractivity contribution in [3.05, 3.63) is 25.3 Å². The molecule has 2 atom stereocenters. The molecular weight excluding hydrogens is 1170 g/mol. The van der Waals surface area contributed by atoms with E-state index >= 15 is 0 Å². The third kappa shape index (κ3) is 9.10. The van der Waals surface area contributed by atoms with Crippen LogP contribution in [0.1, 0.15) is 12.8 Å². The summed E-state index contributed by atoms with van der Waals surface area (Å²) in [7, 11) is 0. The van der Waals surface area contributed by atoms with Gasteiger partial charge in [-0.05, 0) is 12.8 Å². The van der Waals surface area contributed by atoms with E-state index in [0.29, 0.717) is 0 Å². The largest absolute Gasteiger partial charge is 0.460 e. The lowest BCUT2D eigenvalue weighted by Crippen LogP contribution is -2.77. The van der Waals surface area contributed by atoms with Crippen molar-refractivity contribution in [3.8, 4) is 0 Å². The summed E-state index contributed by atoms with van der Waals surface area (Å²) < 4.78 is 583. The second-order valence-corrected chi connectivity index (χ2v) is 14.4. The molecule has 2 unspecified atom stereocenters. The van der Waals surface area contributed by atoms with Crippen LogP contribution in [0, 0.1) is 11.8 Å². The van der Waals surface area contributed by atoms with E-state index in [0.717, 1.165) is 0 Å². The van der Waals surface area contributed by atoms with Crippen LogP contribution in [-0.4, -0.2) is 132 Å². The molecule has 73 heavy (non-hydrogen) atoms. The van der Waals surface area contributed by atoms with Crippen molar-refractivity contribution in [1.82, 2.24) is 0 Å². The minimum Gasteiger partial charge on any atom is -0.380 e. The summed E-state index contributed by atoms with van der Waals surface area (Å²) in [4.78, 5) is 0. The van der Waals surface area contributed by atoms with Crippen LogP contribution in [0.25, 0.3) is 0 Å². The van der Waals surface area contributed by atoms with Crippen LogP contribution in [0.4, 0.5) is 184 Å². The maximum atomic E-state index is 14.9. The smallest absolute Gasteiger partial charge is 0.380 e. The van der Waals surface area contributed by atoms with Crippen LogP contribution in [0.3, 0.4) is 0 Å². The third-order valence-electron chi connectivity index (χ3n) is 9.64. The fourth-order valence-electron chi connectivity index (χ4n) is 5.05. The molecule has 0 bridgehead atoms. The molecule has 0 aromatic rings. The summed E-state index contributed by atoms with van der Waals surface area (Å²) in [5, 5.41) is 0. The highest BCUT2D eigenvalue weighted by Crippen LogP contribution is 2.69. The lowest BCUT2D eigenvalue weighted by Gasteiger charge is -2.45. The van der Waals surface area contributed by atoms with Gasteiger partial charge in [0.15, 0.2) is 0 Å². The van der Waals surface area contributed by atoms with Gasteiger partial charge in [0, 0.05) is 0 Å². The van der Waals surface area contributed by atoms with Crippen molar-refractivity contribution in [2.45, 2.75) is 132 Å². The second kappa shape index (κ2) is 18.6. The number of allylic oxidation sites excluding steroid dienone is 2. The van der Waals surface area contributed by atoms with Crippen LogP contribution in [0.5, 0.6) is 0 Å². The van der Waals surface area contributed by atoms with Gasteiger partial charge < -0.3 is 4.74 Å². The average molecular weight is 1190 g/mol. The fourth-order valence-corrected chi connectivity index (χ4v) is 5.05. The first-order chi connectivity index (χ1) is 31.1. The van der Waals surface area contributed by atoms with Gasteiger partial charge in [-0.15, -0.1) is 13.2 Å². The molecule has 0 heterocycles. The molecule has 0 amide bonds. The number of hydrogen-bond donors (Lipinski definition) is 0. The molecule has 0 aliphatic rings. The molecule has 43 heteroatoms. The Morgan fingerprint density at radius 1 is 0.233 bits per heavy atom. The molecule has 0 N–H and O–H groups in total. The van der Waals surface area contributed by atoms with E-state index in [1.807, 2.05) is 0 Å². The molecule has 0 fully saturated rings. The molecule has 0 rings (SSSR count).